The minimum absolute atomic E-state index is 0.0514. The minimum Gasteiger partial charge on any atom is -0.456 e. The molecule has 2 heterocycles. The van der Waals surface area contributed by atoms with E-state index in [-0.39, 0.29) is 18.1 Å². The molecule has 5 nitrogen and oxygen atoms in total. The number of hydrogen-bond acceptors (Lipinski definition) is 4. The summed E-state index contributed by atoms with van der Waals surface area (Å²) in [4.78, 5) is 14.1. The average molecular weight is 252 g/mol. The molecule has 18 heavy (non-hydrogen) atoms. The number of rotatable bonds is 3. The van der Waals surface area contributed by atoms with E-state index in [1.165, 1.54) is 0 Å². The van der Waals surface area contributed by atoms with Crippen LogP contribution in [0.5, 0.6) is 0 Å². The van der Waals surface area contributed by atoms with E-state index in [9.17, 15) is 4.79 Å². The second kappa shape index (κ2) is 5.54. The van der Waals surface area contributed by atoms with Crippen molar-refractivity contribution < 1.29 is 13.9 Å². The van der Waals surface area contributed by atoms with Gasteiger partial charge >= 0.3 is 0 Å². The molecule has 2 atom stereocenters. The fourth-order valence-corrected chi connectivity index (χ4v) is 2.07. The normalized spacial score (nSPS) is 24.3. The molecule has 1 amide bonds. The van der Waals surface area contributed by atoms with Crippen molar-refractivity contribution in [3.8, 4) is 0 Å². The Morgan fingerprint density at radius 2 is 2.33 bits per heavy atom. The average Bonchev–Trinajstić information content (AvgIpc) is 2.87. The van der Waals surface area contributed by atoms with Crippen LogP contribution in [0.25, 0.3) is 0 Å². The van der Waals surface area contributed by atoms with Crippen LogP contribution < -0.4 is 5.73 Å². The molecule has 0 saturated carbocycles. The summed E-state index contributed by atoms with van der Waals surface area (Å²) in [5, 5.41) is 0. The van der Waals surface area contributed by atoms with E-state index in [4.69, 9.17) is 14.9 Å². The van der Waals surface area contributed by atoms with Gasteiger partial charge in [0, 0.05) is 19.5 Å². The van der Waals surface area contributed by atoms with E-state index >= 15 is 0 Å². The molecule has 2 unspecified atom stereocenters. The van der Waals surface area contributed by atoms with E-state index in [0.717, 1.165) is 12.2 Å². The molecule has 1 saturated heterocycles. The van der Waals surface area contributed by atoms with Crippen molar-refractivity contribution in [1.82, 2.24) is 4.90 Å². The van der Waals surface area contributed by atoms with Gasteiger partial charge < -0.3 is 19.8 Å². The first-order valence-electron chi connectivity index (χ1n) is 6.37. The highest BCUT2D eigenvalue weighted by atomic mass is 16.5. The van der Waals surface area contributed by atoms with Crippen molar-refractivity contribution in [3.63, 3.8) is 0 Å². The van der Waals surface area contributed by atoms with Crippen molar-refractivity contribution in [2.45, 2.75) is 32.4 Å². The van der Waals surface area contributed by atoms with Gasteiger partial charge in [0.1, 0.15) is 5.76 Å². The van der Waals surface area contributed by atoms with Crippen molar-refractivity contribution in [2.75, 3.05) is 19.7 Å². The lowest BCUT2D eigenvalue weighted by Gasteiger charge is -2.37. The molecule has 1 aromatic heterocycles. The summed E-state index contributed by atoms with van der Waals surface area (Å²) in [6.07, 6.45) is 0.711. The fraction of sp³-hybridized carbons (Fsp3) is 0.615. The van der Waals surface area contributed by atoms with Crippen molar-refractivity contribution in [2.24, 2.45) is 5.73 Å². The van der Waals surface area contributed by atoms with Gasteiger partial charge in [-0.1, -0.05) is 6.92 Å². The number of carbonyl (C=O) groups is 1. The zero-order valence-electron chi connectivity index (χ0n) is 10.9. The maximum absolute atomic E-state index is 12.3. The first-order valence-corrected chi connectivity index (χ1v) is 6.37. The SMILES string of the molecule is CCc1ccc(C(=O)N2CC(CN)OCC2C)o1. The van der Waals surface area contributed by atoms with Gasteiger partial charge in [-0.2, -0.15) is 0 Å². The molecule has 2 rings (SSSR count). The van der Waals surface area contributed by atoms with Crippen molar-refractivity contribution >= 4 is 5.91 Å². The highest BCUT2D eigenvalue weighted by molar-refractivity contribution is 5.91. The van der Waals surface area contributed by atoms with Gasteiger partial charge in [-0.25, -0.2) is 0 Å². The van der Waals surface area contributed by atoms with E-state index < -0.39 is 0 Å². The maximum atomic E-state index is 12.3. The summed E-state index contributed by atoms with van der Waals surface area (Å²) < 4.78 is 11.0. The molecule has 1 aromatic rings. The summed E-state index contributed by atoms with van der Waals surface area (Å²) >= 11 is 0. The molecule has 0 spiro atoms. The number of amides is 1. The van der Waals surface area contributed by atoms with Gasteiger partial charge in [0.2, 0.25) is 0 Å². The van der Waals surface area contributed by atoms with E-state index in [1.807, 2.05) is 19.9 Å². The molecule has 2 N–H and O–H groups in total. The summed E-state index contributed by atoms with van der Waals surface area (Å²) in [5.41, 5.74) is 5.59. The molecule has 0 aliphatic carbocycles. The number of nitrogens with zero attached hydrogens (tertiary/aromatic N) is 1. The molecular formula is C13H20N2O3. The van der Waals surface area contributed by atoms with Crippen LogP contribution in [0.4, 0.5) is 0 Å². The van der Waals surface area contributed by atoms with Gasteiger partial charge in [0.25, 0.3) is 5.91 Å². The third-order valence-corrected chi connectivity index (χ3v) is 3.25. The van der Waals surface area contributed by atoms with Crippen LogP contribution in [0.1, 0.15) is 30.2 Å². The van der Waals surface area contributed by atoms with E-state index in [2.05, 4.69) is 0 Å². The predicted molar refractivity (Wildman–Crippen MR) is 67.4 cm³/mol. The van der Waals surface area contributed by atoms with E-state index in [1.54, 1.807) is 11.0 Å². The zero-order valence-corrected chi connectivity index (χ0v) is 10.9. The Bertz CT molecular complexity index is 416. The number of hydrogen-bond donors (Lipinski definition) is 1. The number of nitrogens with two attached hydrogens (primary N) is 1. The highest BCUT2D eigenvalue weighted by Gasteiger charge is 2.30. The molecular weight excluding hydrogens is 232 g/mol. The summed E-state index contributed by atoms with van der Waals surface area (Å²) in [6, 6.07) is 3.63. The third-order valence-electron chi connectivity index (χ3n) is 3.25. The molecule has 0 radical (unpaired) electrons. The van der Waals surface area contributed by atoms with Crippen LogP contribution in [0.3, 0.4) is 0 Å². The largest absolute Gasteiger partial charge is 0.456 e. The van der Waals surface area contributed by atoms with Crippen LogP contribution in [0, 0.1) is 0 Å². The Morgan fingerprint density at radius 3 is 2.94 bits per heavy atom. The summed E-state index contributed by atoms with van der Waals surface area (Å²) in [7, 11) is 0. The molecule has 0 bridgehead atoms. The minimum atomic E-state index is -0.0797. The van der Waals surface area contributed by atoms with Crippen LogP contribution in [-0.4, -0.2) is 42.6 Å². The first kappa shape index (κ1) is 13.1. The van der Waals surface area contributed by atoms with Crippen LogP contribution in [0.15, 0.2) is 16.5 Å². The van der Waals surface area contributed by atoms with Gasteiger partial charge in [-0.05, 0) is 19.1 Å². The second-order valence-corrected chi connectivity index (χ2v) is 4.62. The van der Waals surface area contributed by atoms with Gasteiger partial charge in [0.15, 0.2) is 5.76 Å². The maximum Gasteiger partial charge on any atom is 0.289 e. The Kier molecular flexibility index (Phi) is 4.04. The van der Waals surface area contributed by atoms with Gasteiger partial charge in [-0.3, -0.25) is 4.79 Å². The Morgan fingerprint density at radius 1 is 1.56 bits per heavy atom. The molecule has 0 aromatic carbocycles. The van der Waals surface area contributed by atoms with E-state index in [0.29, 0.717) is 25.5 Å². The second-order valence-electron chi connectivity index (χ2n) is 4.62. The van der Waals surface area contributed by atoms with Crippen LogP contribution in [-0.2, 0) is 11.2 Å². The number of carbonyl (C=O) groups excluding carboxylic acids is 1. The fourth-order valence-electron chi connectivity index (χ4n) is 2.07. The molecule has 1 aliphatic rings. The zero-order chi connectivity index (χ0) is 13.1. The number of aryl methyl sites for hydroxylation is 1. The highest BCUT2D eigenvalue weighted by Crippen LogP contribution is 2.17. The first-order chi connectivity index (χ1) is 8.65. The topological polar surface area (TPSA) is 68.7 Å². The van der Waals surface area contributed by atoms with Crippen molar-refractivity contribution in [3.05, 3.63) is 23.7 Å². The molecule has 1 fully saturated rings. The van der Waals surface area contributed by atoms with Crippen LogP contribution in [0.2, 0.25) is 0 Å². The third kappa shape index (κ3) is 2.57. The lowest BCUT2D eigenvalue weighted by Crippen LogP contribution is -2.52. The Labute approximate surface area is 107 Å². The molecule has 5 heteroatoms. The van der Waals surface area contributed by atoms with Gasteiger partial charge in [-0.15, -0.1) is 0 Å². The lowest BCUT2D eigenvalue weighted by atomic mass is 10.2. The standard InChI is InChI=1S/C13H20N2O3/c1-3-10-4-5-12(18-10)13(16)15-7-11(6-14)17-8-9(15)2/h4-5,9,11H,3,6-8,14H2,1-2H3. The van der Waals surface area contributed by atoms with Crippen molar-refractivity contribution in [1.29, 1.82) is 0 Å². The predicted octanol–water partition coefficient (Wildman–Crippen LogP) is 1.03. The molecule has 1 aliphatic heterocycles. The Balaban J connectivity index is 2.11. The van der Waals surface area contributed by atoms with Gasteiger partial charge in [0.05, 0.1) is 18.8 Å². The number of furan rings is 1. The summed E-state index contributed by atoms with van der Waals surface area (Å²) in [5.74, 6) is 1.15. The lowest BCUT2D eigenvalue weighted by molar-refractivity contribution is -0.0435. The summed E-state index contributed by atoms with van der Waals surface area (Å²) in [6.45, 7) is 5.44. The monoisotopic (exact) mass is 252 g/mol. The smallest absolute Gasteiger partial charge is 0.289 e. The van der Waals surface area contributed by atoms with Crippen LogP contribution >= 0.6 is 0 Å². The quantitative estimate of drug-likeness (QED) is 0.872. The number of morpholine rings is 1. The Hall–Kier alpha value is -1.33. The number of ether oxygens (including phenoxy) is 1. The molecule has 100 valence electrons.